The highest BCUT2D eigenvalue weighted by atomic mass is 35.5. The predicted molar refractivity (Wildman–Crippen MR) is 60.0 cm³/mol. The van der Waals surface area contributed by atoms with Crippen LogP contribution in [0.15, 0.2) is 24.3 Å². The summed E-state index contributed by atoms with van der Waals surface area (Å²) in [5.74, 6) is 0.617. The zero-order valence-corrected chi connectivity index (χ0v) is 9.06. The average Bonchev–Trinajstić information content (AvgIpc) is 2.27. The molecule has 1 heterocycles. The molecule has 0 aliphatic carbocycles. The van der Waals surface area contributed by atoms with Gasteiger partial charge in [-0.1, -0.05) is 11.6 Å². The van der Waals surface area contributed by atoms with E-state index in [1.54, 1.807) is 18.2 Å². The molecule has 0 fully saturated rings. The molecule has 1 aromatic carbocycles. The van der Waals surface area contributed by atoms with Crippen molar-refractivity contribution in [2.24, 2.45) is 0 Å². The Morgan fingerprint density at radius 3 is 2.81 bits per heavy atom. The summed E-state index contributed by atoms with van der Waals surface area (Å²) in [6, 6.07) is 6.47. The molecule has 0 aliphatic rings. The number of rotatable bonds is 2. The fourth-order valence-electron chi connectivity index (χ4n) is 1.37. The lowest BCUT2D eigenvalue weighted by Gasteiger charge is -2.02. The Kier molecular flexibility index (Phi) is 2.62. The van der Waals surface area contributed by atoms with Crippen LogP contribution in [-0.4, -0.2) is 17.0 Å². The van der Waals surface area contributed by atoms with Crippen molar-refractivity contribution in [2.75, 3.05) is 7.11 Å². The lowest BCUT2D eigenvalue weighted by atomic mass is 10.2. The van der Waals surface area contributed by atoms with Gasteiger partial charge in [-0.25, -0.2) is 4.98 Å². The molecule has 0 aliphatic heterocycles. The Morgan fingerprint density at radius 1 is 1.44 bits per heavy atom. The zero-order valence-electron chi connectivity index (χ0n) is 8.31. The number of nitro groups is 1. The molecule has 1 aromatic heterocycles. The quantitative estimate of drug-likeness (QED) is 0.458. The van der Waals surface area contributed by atoms with Crippen molar-refractivity contribution in [3.63, 3.8) is 0 Å². The van der Waals surface area contributed by atoms with Gasteiger partial charge >= 0.3 is 5.69 Å². The standard InChI is InChI=1S/C10H7ClN2O3/c1-16-7-2-3-8-6(4-7)5-9(13(14)15)10(11)12-8/h2-5H,1H3. The maximum atomic E-state index is 10.7. The summed E-state index contributed by atoms with van der Waals surface area (Å²) < 4.78 is 5.02. The molecule has 5 nitrogen and oxygen atoms in total. The molecule has 0 spiro atoms. The Bertz CT molecular complexity index is 571. The van der Waals surface area contributed by atoms with Gasteiger partial charge in [-0.15, -0.1) is 0 Å². The Hall–Kier alpha value is -1.88. The van der Waals surface area contributed by atoms with E-state index in [1.165, 1.54) is 13.2 Å². The van der Waals surface area contributed by atoms with Crippen LogP contribution in [-0.2, 0) is 0 Å². The molecule has 16 heavy (non-hydrogen) atoms. The Morgan fingerprint density at radius 2 is 2.19 bits per heavy atom. The van der Waals surface area contributed by atoms with E-state index < -0.39 is 4.92 Å². The first-order valence-electron chi connectivity index (χ1n) is 4.40. The molecule has 2 rings (SSSR count). The van der Waals surface area contributed by atoms with E-state index in [4.69, 9.17) is 16.3 Å². The van der Waals surface area contributed by atoms with Crippen LogP contribution in [0, 0.1) is 10.1 Å². The molecule has 0 atom stereocenters. The minimum Gasteiger partial charge on any atom is -0.497 e. The highest BCUT2D eigenvalue weighted by Crippen LogP contribution is 2.28. The summed E-state index contributed by atoms with van der Waals surface area (Å²) in [4.78, 5) is 14.0. The second-order valence-electron chi connectivity index (χ2n) is 3.11. The van der Waals surface area contributed by atoms with E-state index in [1.807, 2.05) is 0 Å². The SMILES string of the molecule is COc1ccc2nc(Cl)c([N+](=O)[O-])cc2c1. The van der Waals surface area contributed by atoms with Gasteiger partial charge in [0, 0.05) is 11.5 Å². The first-order valence-corrected chi connectivity index (χ1v) is 4.78. The third-order valence-corrected chi connectivity index (χ3v) is 2.43. The van der Waals surface area contributed by atoms with Gasteiger partial charge in [-0.2, -0.15) is 0 Å². The number of methoxy groups -OCH3 is 1. The number of benzene rings is 1. The molecular weight excluding hydrogens is 232 g/mol. The van der Waals surface area contributed by atoms with Crippen molar-refractivity contribution in [3.8, 4) is 5.75 Å². The Balaban J connectivity index is 2.70. The number of fused-ring (bicyclic) bond motifs is 1. The van der Waals surface area contributed by atoms with Gasteiger partial charge in [-0.05, 0) is 18.2 Å². The topological polar surface area (TPSA) is 65.3 Å². The van der Waals surface area contributed by atoms with Gasteiger partial charge in [0.2, 0.25) is 5.15 Å². The van der Waals surface area contributed by atoms with Gasteiger partial charge < -0.3 is 4.74 Å². The second kappa shape index (κ2) is 3.94. The van der Waals surface area contributed by atoms with Crippen LogP contribution in [0.1, 0.15) is 0 Å². The van der Waals surface area contributed by atoms with Crippen LogP contribution >= 0.6 is 11.6 Å². The summed E-state index contributed by atoms with van der Waals surface area (Å²) in [7, 11) is 1.53. The summed E-state index contributed by atoms with van der Waals surface area (Å²) >= 11 is 5.69. The van der Waals surface area contributed by atoms with Crippen LogP contribution in [0.5, 0.6) is 5.75 Å². The first kappa shape index (κ1) is 10.6. The van der Waals surface area contributed by atoms with E-state index in [9.17, 15) is 10.1 Å². The van der Waals surface area contributed by atoms with E-state index in [-0.39, 0.29) is 10.8 Å². The van der Waals surface area contributed by atoms with Gasteiger partial charge in [0.05, 0.1) is 17.5 Å². The molecule has 0 unspecified atom stereocenters. The van der Waals surface area contributed by atoms with Crippen LogP contribution in [0.25, 0.3) is 10.9 Å². The fraction of sp³-hybridized carbons (Fsp3) is 0.100. The van der Waals surface area contributed by atoms with E-state index in [2.05, 4.69) is 4.98 Å². The minimum absolute atomic E-state index is 0.109. The Labute approximate surface area is 95.8 Å². The smallest absolute Gasteiger partial charge is 0.307 e. The number of aromatic nitrogens is 1. The third kappa shape index (κ3) is 1.77. The lowest BCUT2D eigenvalue weighted by molar-refractivity contribution is -0.384. The van der Waals surface area contributed by atoms with Crippen LogP contribution < -0.4 is 4.74 Å². The summed E-state index contributed by atoms with van der Waals surface area (Å²) in [6.07, 6.45) is 0. The average molecular weight is 239 g/mol. The highest BCUT2D eigenvalue weighted by Gasteiger charge is 2.15. The summed E-state index contributed by atoms with van der Waals surface area (Å²) in [6.45, 7) is 0. The number of nitrogens with zero attached hydrogens (tertiary/aromatic N) is 2. The monoisotopic (exact) mass is 238 g/mol. The molecule has 0 saturated heterocycles. The molecular formula is C10H7ClN2O3. The number of ether oxygens (including phenoxy) is 1. The van der Waals surface area contributed by atoms with Gasteiger partial charge in [0.1, 0.15) is 5.75 Å². The van der Waals surface area contributed by atoms with Crippen molar-refractivity contribution < 1.29 is 9.66 Å². The van der Waals surface area contributed by atoms with Crippen molar-refractivity contribution >= 4 is 28.2 Å². The number of hydrogen-bond acceptors (Lipinski definition) is 4. The van der Waals surface area contributed by atoms with Gasteiger partial charge in [0.15, 0.2) is 0 Å². The summed E-state index contributed by atoms with van der Waals surface area (Å²) in [5.41, 5.74) is 0.388. The van der Waals surface area contributed by atoms with Crippen LogP contribution in [0.4, 0.5) is 5.69 Å². The summed E-state index contributed by atoms with van der Waals surface area (Å²) in [5, 5.41) is 11.2. The number of halogens is 1. The van der Waals surface area contributed by atoms with E-state index in [0.717, 1.165) is 0 Å². The van der Waals surface area contributed by atoms with Crippen LogP contribution in [0.3, 0.4) is 0 Å². The largest absolute Gasteiger partial charge is 0.497 e. The van der Waals surface area contributed by atoms with Gasteiger partial charge in [-0.3, -0.25) is 10.1 Å². The van der Waals surface area contributed by atoms with Crippen molar-refractivity contribution in [1.29, 1.82) is 0 Å². The van der Waals surface area contributed by atoms with Crippen LogP contribution in [0.2, 0.25) is 5.15 Å². The van der Waals surface area contributed by atoms with E-state index >= 15 is 0 Å². The maximum absolute atomic E-state index is 10.7. The van der Waals surface area contributed by atoms with Gasteiger partial charge in [0.25, 0.3) is 0 Å². The molecule has 0 N–H and O–H groups in total. The van der Waals surface area contributed by atoms with Crippen molar-refractivity contribution in [2.45, 2.75) is 0 Å². The second-order valence-corrected chi connectivity index (χ2v) is 3.47. The van der Waals surface area contributed by atoms with Crippen molar-refractivity contribution in [1.82, 2.24) is 4.98 Å². The fourth-order valence-corrected chi connectivity index (χ4v) is 1.59. The molecule has 6 heteroatoms. The molecule has 2 aromatic rings. The zero-order chi connectivity index (χ0) is 11.7. The molecule has 0 saturated carbocycles. The molecule has 0 radical (unpaired) electrons. The lowest BCUT2D eigenvalue weighted by Crippen LogP contribution is -1.92. The van der Waals surface area contributed by atoms with Crippen molar-refractivity contribution in [3.05, 3.63) is 39.5 Å². The molecule has 82 valence electrons. The maximum Gasteiger partial charge on any atom is 0.307 e. The normalized spacial score (nSPS) is 10.4. The highest BCUT2D eigenvalue weighted by molar-refractivity contribution is 6.31. The molecule has 0 amide bonds. The van der Waals surface area contributed by atoms with E-state index in [0.29, 0.717) is 16.7 Å². The molecule has 0 bridgehead atoms. The predicted octanol–water partition coefficient (Wildman–Crippen LogP) is 2.81. The third-order valence-electron chi connectivity index (χ3n) is 2.15. The minimum atomic E-state index is -0.561. The first-order chi connectivity index (χ1) is 7.61. The number of pyridine rings is 1. The number of hydrogen-bond donors (Lipinski definition) is 0.